The van der Waals surface area contributed by atoms with Crippen LogP contribution in [0, 0.1) is 6.92 Å². The average Bonchev–Trinajstić information content (AvgIpc) is 2.69. The fourth-order valence-electron chi connectivity index (χ4n) is 1.65. The van der Waals surface area contributed by atoms with Gasteiger partial charge in [-0.3, -0.25) is 0 Å². The van der Waals surface area contributed by atoms with Crippen LogP contribution in [0.25, 0.3) is 10.2 Å². The van der Waals surface area contributed by atoms with Crippen LogP contribution in [0.5, 0.6) is 0 Å². The third kappa shape index (κ3) is 2.82. The van der Waals surface area contributed by atoms with Gasteiger partial charge in [-0.2, -0.15) is 4.57 Å². The van der Waals surface area contributed by atoms with Gasteiger partial charge >= 0.3 is 5.97 Å². The lowest BCUT2D eigenvalue weighted by molar-refractivity contribution is -0.655. The summed E-state index contributed by atoms with van der Waals surface area (Å²) in [6, 6.07) is 6.24. The molecule has 0 bridgehead atoms. The highest BCUT2D eigenvalue weighted by Crippen LogP contribution is 2.17. The molecule has 0 saturated carbocycles. The van der Waals surface area contributed by atoms with Crippen LogP contribution in [0.2, 0.25) is 0 Å². The second kappa shape index (κ2) is 5.27. The number of esters is 1. The molecule has 0 atom stereocenters. The zero-order valence-corrected chi connectivity index (χ0v) is 10.9. The highest BCUT2D eigenvalue weighted by atomic mass is 32.1. The largest absolute Gasteiger partial charge is 0.461 e. The van der Waals surface area contributed by atoms with Crippen molar-refractivity contribution in [3.05, 3.63) is 29.3 Å². The van der Waals surface area contributed by atoms with E-state index in [1.165, 1.54) is 10.3 Å². The summed E-state index contributed by atoms with van der Waals surface area (Å²) < 4.78 is 8.23. The lowest BCUT2D eigenvalue weighted by Crippen LogP contribution is -2.37. The number of thiazole rings is 1. The summed E-state index contributed by atoms with van der Waals surface area (Å²) in [5.74, 6) is -0.169. The van der Waals surface area contributed by atoms with Crippen molar-refractivity contribution in [2.45, 2.75) is 26.8 Å². The molecule has 2 rings (SSSR count). The molecule has 1 aromatic heterocycles. The molecule has 0 radical (unpaired) electrons. The molecule has 90 valence electrons. The van der Waals surface area contributed by atoms with Crippen molar-refractivity contribution in [1.29, 1.82) is 0 Å². The summed E-state index contributed by atoms with van der Waals surface area (Å²) in [7, 11) is 0. The summed E-state index contributed by atoms with van der Waals surface area (Å²) in [5, 5.41) is 0. The summed E-state index contributed by atoms with van der Waals surface area (Å²) in [6.07, 6.45) is 0.861. The van der Waals surface area contributed by atoms with Gasteiger partial charge in [0.15, 0.2) is 0 Å². The van der Waals surface area contributed by atoms with Crippen molar-refractivity contribution in [2.24, 2.45) is 0 Å². The van der Waals surface area contributed by atoms with Gasteiger partial charge in [0.25, 0.3) is 0 Å². The topological polar surface area (TPSA) is 30.2 Å². The second-order valence-corrected chi connectivity index (χ2v) is 4.93. The van der Waals surface area contributed by atoms with Crippen LogP contribution in [0.1, 0.15) is 18.9 Å². The first-order valence-corrected chi connectivity index (χ1v) is 6.61. The van der Waals surface area contributed by atoms with Crippen LogP contribution >= 0.6 is 11.3 Å². The minimum absolute atomic E-state index is 0.169. The fraction of sp³-hybridized carbons (Fsp3) is 0.385. The maximum Gasteiger partial charge on any atom is 0.372 e. The number of aryl methyl sites for hydroxylation is 1. The second-order valence-electron chi connectivity index (χ2n) is 4.04. The number of benzene rings is 1. The Kier molecular flexibility index (Phi) is 3.74. The van der Waals surface area contributed by atoms with Crippen molar-refractivity contribution in [1.82, 2.24) is 0 Å². The van der Waals surface area contributed by atoms with Crippen LogP contribution in [-0.4, -0.2) is 12.6 Å². The highest BCUT2D eigenvalue weighted by Gasteiger charge is 2.16. The molecular formula is C13H16NO2S+. The van der Waals surface area contributed by atoms with Crippen molar-refractivity contribution in [3.63, 3.8) is 0 Å². The number of hydrogen-bond acceptors (Lipinski definition) is 3. The van der Waals surface area contributed by atoms with Crippen molar-refractivity contribution < 1.29 is 14.1 Å². The van der Waals surface area contributed by atoms with Gasteiger partial charge in [-0.15, -0.1) is 0 Å². The third-order valence-corrected chi connectivity index (χ3v) is 3.44. The van der Waals surface area contributed by atoms with E-state index in [-0.39, 0.29) is 5.97 Å². The molecule has 0 aliphatic rings. The van der Waals surface area contributed by atoms with Gasteiger partial charge in [-0.25, -0.2) is 4.79 Å². The average molecular weight is 250 g/mol. The first kappa shape index (κ1) is 12.0. The monoisotopic (exact) mass is 250 g/mol. The maximum absolute atomic E-state index is 11.5. The molecule has 3 nitrogen and oxygen atoms in total. The van der Waals surface area contributed by atoms with Crippen LogP contribution in [0.3, 0.4) is 0 Å². The van der Waals surface area contributed by atoms with Crippen molar-refractivity contribution in [2.75, 3.05) is 6.61 Å². The summed E-state index contributed by atoms with van der Waals surface area (Å²) in [6.45, 7) is 4.85. The van der Waals surface area contributed by atoms with Gasteiger partial charge in [0.05, 0.1) is 6.61 Å². The predicted molar refractivity (Wildman–Crippen MR) is 68.0 cm³/mol. The summed E-state index contributed by atoms with van der Waals surface area (Å²) >= 11 is 1.65. The molecule has 4 heteroatoms. The van der Waals surface area contributed by atoms with E-state index in [0.29, 0.717) is 13.2 Å². The molecule has 0 saturated heterocycles. The third-order valence-electron chi connectivity index (χ3n) is 2.50. The molecule has 2 aromatic rings. The normalized spacial score (nSPS) is 10.7. The van der Waals surface area contributed by atoms with E-state index in [9.17, 15) is 4.79 Å². The minimum Gasteiger partial charge on any atom is -0.461 e. The van der Waals surface area contributed by atoms with Gasteiger partial charge in [0.2, 0.25) is 17.6 Å². The zero-order valence-electron chi connectivity index (χ0n) is 10.1. The smallest absolute Gasteiger partial charge is 0.372 e. The van der Waals surface area contributed by atoms with Crippen molar-refractivity contribution in [3.8, 4) is 0 Å². The molecule has 1 aromatic carbocycles. The van der Waals surface area contributed by atoms with Crippen LogP contribution in [0.4, 0.5) is 0 Å². The standard InChI is InChI=1S/C13H16NO2S/c1-3-6-16-13(15)8-14-9-17-12-7-10(2)4-5-11(12)14/h4-5,7,9H,3,6,8H2,1-2H3/q+1. The Labute approximate surface area is 105 Å². The lowest BCUT2D eigenvalue weighted by Gasteiger charge is -1.99. The highest BCUT2D eigenvalue weighted by molar-refractivity contribution is 7.16. The Morgan fingerprint density at radius 1 is 1.47 bits per heavy atom. The zero-order chi connectivity index (χ0) is 12.3. The number of carbonyl (C=O) groups is 1. The summed E-state index contributed by atoms with van der Waals surface area (Å²) in [4.78, 5) is 11.5. The molecule has 0 unspecified atom stereocenters. The molecule has 17 heavy (non-hydrogen) atoms. The number of carbonyl (C=O) groups excluding carboxylic acids is 1. The number of aromatic nitrogens is 1. The molecule has 0 amide bonds. The molecular weight excluding hydrogens is 234 g/mol. The number of hydrogen-bond donors (Lipinski definition) is 0. The van der Waals surface area contributed by atoms with Crippen LogP contribution in [0.15, 0.2) is 23.7 Å². The Morgan fingerprint density at radius 3 is 3.06 bits per heavy atom. The molecule has 0 spiro atoms. The first-order valence-electron chi connectivity index (χ1n) is 5.73. The van der Waals surface area contributed by atoms with E-state index in [2.05, 4.69) is 19.1 Å². The number of fused-ring (bicyclic) bond motifs is 1. The van der Waals surface area contributed by atoms with Gasteiger partial charge in [0.1, 0.15) is 4.70 Å². The van der Waals surface area contributed by atoms with Crippen LogP contribution < -0.4 is 4.57 Å². The van der Waals surface area contributed by atoms with Crippen LogP contribution in [-0.2, 0) is 16.1 Å². The quantitative estimate of drug-likeness (QED) is 0.616. The van der Waals surface area contributed by atoms with E-state index >= 15 is 0 Å². The van der Waals surface area contributed by atoms with E-state index in [1.807, 2.05) is 23.1 Å². The molecule has 0 aliphatic carbocycles. The maximum atomic E-state index is 11.5. The van der Waals surface area contributed by atoms with Gasteiger partial charge < -0.3 is 4.74 Å². The summed E-state index contributed by atoms with van der Waals surface area (Å²) in [5.41, 5.74) is 4.30. The molecule has 0 aliphatic heterocycles. The van der Waals surface area contributed by atoms with Gasteiger partial charge in [-0.1, -0.05) is 24.3 Å². The predicted octanol–water partition coefficient (Wildman–Crippen LogP) is 2.45. The minimum atomic E-state index is -0.169. The first-order chi connectivity index (χ1) is 8.20. The Morgan fingerprint density at radius 2 is 2.29 bits per heavy atom. The van der Waals surface area contributed by atoms with E-state index in [1.54, 1.807) is 11.3 Å². The fourth-order valence-corrected chi connectivity index (χ4v) is 2.64. The number of nitrogens with zero attached hydrogens (tertiary/aromatic N) is 1. The molecule has 1 heterocycles. The Hall–Kier alpha value is -1.42. The van der Waals surface area contributed by atoms with E-state index in [4.69, 9.17) is 4.74 Å². The number of ether oxygens (including phenoxy) is 1. The molecule has 0 N–H and O–H groups in total. The van der Waals surface area contributed by atoms with Crippen molar-refractivity contribution >= 4 is 27.5 Å². The van der Waals surface area contributed by atoms with Gasteiger partial charge in [-0.05, 0) is 25.0 Å². The van der Waals surface area contributed by atoms with E-state index < -0.39 is 0 Å². The van der Waals surface area contributed by atoms with Gasteiger partial charge in [0, 0.05) is 6.07 Å². The molecule has 0 fully saturated rings. The van der Waals surface area contributed by atoms with E-state index in [0.717, 1.165) is 11.9 Å². The SMILES string of the molecule is CCCOC(=O)C[n+]1csc2cc(C)ccc21. The lowest BCUT2D eigenvalue weighted by atomic mass is 10.2. The number of rotatable bonds is 4. The Balaban J connectivity index is 2.16. The Bertz CT molecular complexity index is 533.